The fourth-order valence-electron chi connectivity index (χ4n) is 2.71. The van der Waals surface area contributed by atoms with Crippen molar-refractivity contribution in [3.63, 3.8) is 0 Å². The fourth-order valence-corrected chi connectivity index (χ4v) is 2.71. The second-order valence-electron chi connectivity index (χ2n) is 5.88. The summed E-state index contributed by atoms with van der Waals surface area (Å²) < 4.78 is 5.14. The number of aromatic nitrogens is 2. The molecule has 0 spiro atoms. The molecule has 2 amide bonds. The van der Waals surface area contributed by atoms with Gasteiger partial charge in [-0.2, -0.15) is 0 Å². The van der Waals surface area contributed by atoms with E-state index in [4.69, 9.17) is 4.74 Å². The number of ether oxygens (including phenoxy) is 1. The van der Waals surface area contributed by atoms with Gasteiger partial charge in [-0.05, 0) is 29.8 Å². The smallest absolute Gasteiger partial charge is 0.229 e. The van der Waals surface area contributed by atoms with Crippen LogP contribution in [0.1, 0.15) is 24.9 Å². The van der Waals surface area contributed by atoms with Gasteiger partial charge in [0, 0.05) is 6.92 Å². The topological polar surface area (TPSA) is 96.1 Å². The number of rotatable bonds is 6. The molecule has 0 fully saturated rings. The zero-order chi connectivity index (χ0) is 18.5. The zero-order valence-corrected chi connectivity index (χ0v) is 14.6. The van der Waals surface area contributed by atoms with E-state index in [1.54, 1.807) is 19.2 Å². The molecule has 1 aromatic heterocycles. The van der Waals surface area contributed by atoms with Gasteiger partial charge in [-0.3, -0.25) is 14.9 Å². The van der Waals surface area contributed by atoms with Crippen LogP contribution >= 0.6 is 0 Å². The molecular weight excluding hydrogens is 332 g/mol. The molecule has 0 aliphatic rings. The van der Waals surface area contributed by atoms with Gasteiger partial charge in [0.2, 0.25) is 17.8 Å². The lowest BCUT2D eigenvalue weighted by molar-refractivity contribution is -0.120. The first-order valence-electron chi connectivity index (χ1n) is 8.21. The number of amides is 2. The number of fused-ring (bicyclic) bond motifs is 1. The maximum atomic E-state index is 12.4. The molecular formula is C19H20N4O3. The highest BCUT2D eigenvalue weighted by molar-refractivity contribution is 5.91. The van der Waals surface area contributed by atoms with E-state index in [9.17, 15) is 9.59 Å². The largest absolute Gasteiger partial charge is 0.497 e. The van der Waals surface area contributed by atoms with Gasteiger partial charge in [-0.15, -0.1) is 0 Å². The minimum absolute atomic E-state index is 0.0863. The van der Waals surface area contributed by atoms with Gasteiger partial charge in [0.15, 0.2) is 0 Å². The lowest BCUT2D eigenvalue weighted by Crippen LogP contribution is -2.29. The lowest BCUT2D eigenvalue weighted by atomic mass is 10.0. The summed E-state index contributed by atoms with van der Waals surface area (Å²) in [4.78, 5) is 31.3. The number of H-pyrrole nitrogens is 1. The standard InChI is InChI=1S/C19H20N4O3/c1-12(24)20-17(13-7-9-14(26-2)10-8-13)11-18(25)23-19-21-15-5-3-4-6-16(15)22-19/h3-10,17H,11H2,1-2H3,(H,20,24)(H2,21,22,23,25). The number of carbonyl (C=O) groups is 2. The number of hydrogen-bond acceptors (Lipinski definition) is 4. The van der Waals surface area contributed by atoms with Crippen molar-refractivity contribution in [2.75, 3.05) is 12.4 Å². The molecule has 0 bridgehead atoms. The molecule has 0 aliphatic carbocycles. The van der Waals surface area contributed by atoms with Crippen LogP contribution in [0.2, 0.25) is 0 Å². The fraction of sp³-hybridized carbons (Fsp3) is 0.211. The summed E-state index contributed by atoms with van der Waals surface area (Å²) in [5.74, 6) is 0.635. The van der Waals surface area contributed by atoms with E-state index in [0.717, 1.165) is 16.6 Å². The Labute approximate surface area is 150 Å². The molecule has 2 aromatic carbocycles. The molecule has 0 saturated heterocycles. The number of nitrogens with zero attached hydrogens (tertiary/aromatic N) is 1. The van der Waals surface area contributed by atoms with Crippen molar-refractivity contribution in [1.29, 1.82) is 0 Å². The van der Waals surface area contributed by atoms with Gasteiger partial charge in [-0.1, -0.05) is 24.3 Å². The molecule has 0 radical (unpaired) electrons. The van der Waals surface area contributed by atoms with E-state index in [2.05, 4.69) is 20.6 Å². The monoisotopic (exact) mass is 352 g/mol. The van der Waals surface area contributed by atoms with Crippen LogP contribution in [0.4, 0.5) is 5.95 Å². The summed E-state index contributed by atoms with van der Waals surface area (Å²) in [6, 6.07) is 14.3. The molecule has 3 aromatic rings. The molecule has 7 nitrogen and oxygen atoms in total. The first-order valence-corrected chi connectivity index (χ1v) is 8.21. The van der Waals surface area contributed by atoms with E-state index in [0.29, 0.717) is 11.7 Å². The van der Waals surface area contributed by atoms with E-state index >= 15 is 0 Å². The zero-order valence-electron chi connectivity index (χ0n) is 14.6. The van der Waals surface area contributed by atoms with Crippen molar-refractivity contribution >= 4 is 28.8 Å². The van der Waals surface area contributed by atoms with Gasteiger partial charge in [0.1, 0.15) is 5.75 Å². The Kier molecular flexibility index (Phi) is 5.17. The third kappa shape index (κ3) is 4.18. The van der Waals surface area contributed by atoms with Crippen molar-refractivity contribution in [2.24, 2.45) is 0 Å². The van der Waals surface area contributed by atoms with Crippen LogP contribution in [-0.4, -0.2) is 28.9 Å². The Bertz CT molecular complexity index is 885. The highest BCUT2D eigenvalue weighted by atomic mass is 16.5. The number of imidazole rings is 1. The third-order valence-electron chi connectivity index (χ3n) is 3.93. The van der Waals surface area contributed by atoms with Crippen LogP contribution < -0.4 is 15.4 Å². The number of hydrogen-bond donors (Lipinski definition) is 3. The van der Waals surface area contributed by atoms with E-state index < -0.39 is 6.04 Å². The molecule has 0 aliphatic heterocycles. The van der Waals surface area contributed by atoms with Crippen molar-refractivity contribution in [2.45, 2.75) is 19.4 Å². The maximum absolute atomic E-state index is 12.4. The maximum Gasteiger partial charge on any atom is 0.229 e. The van der Waals surface area contributed by atoms with Crippen LogP contribution in [0.3, 0.4) is 0 Å². The van der Waals surface area contributed by atoms with Crippen LogP contribution in [0.5, 0.6) is 5.75 Å². The Hall–Kier alpha value is -3.35. The number of carbonyl (C=O) groups excluding carboxylic acids is 2. The van der Waals surface area contributed by atoms with E-state index in [-0.39, 0.29) is 18.2 Å². The first kappa shape index (κ1) is 17.5. The normalized spacial score (nSPS) is 11.8. The number of anilines is 1. The Balaban J connectivity index is 1.72. The Morgan fingerprint density at radius 3 is 2.54 bits per heavy atom. The molecule has 3 rings (SSSR count). The minimum atomic E-state index is -0.442. The van der Waals surface area contributed by atoms with Crippen molar-refractivity contribution in [3.05, 3.63) is 54.1 Å². The van der Waals surface area contributed by atoms with Gasteiger partial charge in [-0.25, -0.2) is 4.98 Å². The second kappa shape index (κ2) is 7.69. The molecule has 134 valence electrons. The van der Waals surface area contributed by atoms with E-state index in [1.165, 1.54) is 6.92 Å². The lowest BCUT2D eigenvalue weighted by Gasteiger charge is -2.18. The Morgan fingerprint density at radius 2 is 1.88 bits per heavy atom. The number of benzene rings is 2. The van der Waals surface area contributed by atoms with Crippen LogP contribution in [-0.2, 0) is 9.59 Å². The van der Waals surface area contributed by atoms with Gasteiger partial charge in [0.25, 0.3) is 0 Å². The van der Waals surface area contributed by atoms with Gasteiger partial charge >= 0.3 is 0 Å². The minimum Gasteiger partial charge on any atom is -0.497 e. The predicted octanol–water partition coefficient (Wildman–Crippen LogP) is 2.78. The molecule has 1 heterocycles. The van der Waals surface area contributed by atoms with Gasteiger partial charge in [0.05, 0.1) is 30.6 Å². The number of nitrogens with one attached hydrogen (secondary N) is 3. The van der Waals surface area contributed by atoms with Crippen LogP contribution in [0.15, 0.2) is 48.5 Å². The predicted molar refractivity (Wildman–Crippen MR) is 98.9 cm³/mol. The highest BCUT2D eigenvalue weighted by Crippen LogP contribution is 2.21. The van der Waals surface area contributed by atoms with Crippen LogP contribution in [0, 0.1) is 0 Å². The summed E-state index contributed by atoms with van der Waals surface area (Å²) in [6.45, 7) is 1.42. The first-order chi connectivity index (χ1) is 12.5. The van der Waals surface area contributed by atoms with Crippen LogP contribution in [0.25, 0.3) is 11.0 Å². The number of aromatic amines is 1. The highest BCUT2D eigenvalue weighted by Gasteiger charge is 2.18. The third-order valence-corrected chi connectivity index (χ3v) is 3.93. The molecule has 0 saturated carbocycles. The quantitative estimate of drug-likeness (QED) is 0.635. The molecule has 7 heteroatoms. The summed E-state index contributed by atoms with van der Waals surface area (Å²) in [6.07, 6.45) is 0.0863. The van der Waals surface area contributed by atoms with Crippen molar-refractivity contribution in [3.8, 4) is 5.75 Å². The number of para-hydroxylation sites is 2. The van der Waals surface area contributed by atoms with Crippen molar-refractivity contribution < 1.29 is 14.3 Å². The molecule has 26 heavy (non-hydrogen) atoms. The average molecular weight is 352 g/mol. The summed E-state index contributed by atoms with van der Waals surface area (Å²) >= 11 is 0. The second-order valence-corrected chi connectivity index (χ2v) is 5.88. The van der Waals surface area contributed by atoms with Crippen molar-refractivity contribution in [1.82, 2.24) is 15.3 Å². The summed E-state index contributed by atoms with van der Waals surface area (Å²) in [5, 5.41) is 5.55. The Morgan fingerprint density at radius 1 is 1.15 bits per heavy atom. The average Bonchev–Trinajstić information content (AvgIpc) is 3.03. The molecule has 3 N–H and O–H groups in total. The molecule has 1 atom stereocenters. The SMILES string of the molecule is COc1ccc(C(CC(=O)Nc2nc3ccccc3[nH]2)NC(C)=O)cc1. The molecule has 1 unspecified atom stereocenters. The van der Waals surface area contributed by atoms with E-state index in [1.807, 2.05) is 36.4 Å². The summed E-state index contributed by atoms with van der Waals surface area (Å²) in [5.41, 5.74) is 2.44. The van der Waals surface area contributed by atoms with Gasteiger partial charge < -0.3 is 15.0 Å². The number of methoxy groups -OCH3 is 1. The summed E-state index contributed by atoms with van der Waals surface area (Å²) in [7, 11) is 1.58.